The van der Waals surface area contributed by atoms with Crippen LogP contribution in [0.2, 0.25) is 5.02 Å². The molecule has 2 aromatic carbocycles. The average Bonchev–Trinajstić information content (AvgIpc) is 2.56. The number of rotatable bonds is 3. The number of hydrogen-bond acceptors (Lipinski definition) is 3. The summed E-state index contributed by atoms with van der Waals surface area (Å²) in [7, 11) is 0. The Labute approximate surface area is 157 Å². The van der Waals surface area contributed by atoms with Crippen molar-refractivity contribution in [3.05, 3.63) is 58.0 Å². The highest BCUT2D eigenvalue weighted by Crippen LogP contribution is 2.23. The molecule has 1 heterocycles. The zero-order chi connectivity index (χ0) is 18.0. The van der Waals surface area contributed by atoms with Crippen molar-refractivity contribution in [3.8, 4) is 0 Å². The first-order valence-electron chi connectivity index (χ1n) is 7.39. The van der Waals surface area contributed by atoms with Gasteiger partial charge in [-0.05, 0) is 42.5 Å². The number of carbonyl (C=O) groups excluding carboxylic acids is 3. The van der Waals surface area contributed by atoms with Crippen LogP contribution in [0.1, 0.15) is 0 Å². The van der Waals surface area contributed by atoms with E-state index in [-0.39, 0.29) is 6.54 Å². The first-order chi connectivity index (χ1) is 12.0. The molecule has 1 aliphatic heterocycles. The molecule has 6 nitrogen and oxygen atoms in total. The molecule has 0 saturated carbocycles. The van der Waals surface area contributed by atoms with Gasteiger partial charge in [0.2, 0.25) is 11.8 Å². The van der Waals surface area contributed by atoms with Crippen molar-refractivity contribution < 1.29 is 14.4 Å². The highest BCUT2D eigenvalue weighted by Gasteiger charge is 2.39. The van der Waals surface area contributed by atoms with E-state index in [9.17, 15) is 14.4 Å². The summed E-state index contributed by atoms with van der Waals surface area (Å²) in [6.07, 6.45) is 0. The third-order valence-corrected chi connectivity index (χ3v) is 4.42. The lowest BCUT2D eigenvalue weighted by molar-refractivity contribution is -0.130. The summed E-state index contributed by atoms with van der Waals surface area (Å²) < 4.78 is 0.802. The quantitative estimate of drug-likeness (QED) is 0.744. The molecule has 4 amide bonds. The van der Waals surface area contributed by atoms with Crippen LogP contribution in [0.25, 0.3) is 0 Å². The number of nitrogens with zero attached hydrogens (tertiary/aromatic N) is 1. The second-order valence-corrected chi connectivity index (χ2v) is 6.74. The summed E-state index contributed by atoms with van der Waals surface area (Å²) in [6.45, 7) is -0.0540. The van der Waals surface area contributed by atoms with Crippen LogP contribution in [0.4, 0.5) is 16.2 Å². The van der Waals surface area contributed by atoms with Gasteiger partial charge in [0.15, 0.2) is 0 Å². The zero-order valence-electron chi connectivity index (χ0n) is 12.8. The van der Waals surface area contributed by atoms with Gasteiger partial charge in [0.1, 0.15) is 5.92 Å². The Morgan fingerprint density at radius 1 is 1.20 bits per heavy atom. The molecular weight excluding hydrogens is 410 g/mol. The SMILES string of the molecule is O=C(Nc1cccc(Br)c1)C1CNC(=O)N(c2ccc(Cl)cc2)C1=O. The van der Waals surface area contributed by atoms with Gasteiger partial charge in [0, 0.05) is 21.7 Å². The van der Waals surface area contributed by atoms with Crippen molar-refractivity contribution in [3.63, 3.8) is 0 Å². The molecule has 0 aliphatic carbocycles. The van der Waals surface area contributed by atoms with Crippen molar-refractivity contribution in [1.29, 1.82) is 0 Å². The van der Waals surface area contributed by atoms with E-state index in [1.807, 2.05) is 6.07 Å². The molecule has 25 heavy (non-hydrogen) atoms. The van der Waals surface area contributed by atoms with Gasteiger partial charge < -0.3 is 10.6 Å². The van der Waals surface area contributed by atoms with Crippen LogP contribution in [0.3, 0.4) is 0 Å². The number of hydrogen-bond donors (Lipinski definition) is 2. The summed E-state index contributed by atoms with van der Waals surface area (Å²) in [5, 5.41) is 5.74. The summed E-state index contributed by atoms with van der Waals surface area (Å²) in [5.74, 6) is -2.09. The molecule has 8 heteroatoms. The predicted molar refractivity (Wildman–Crippen MR) is 98.6 cm³/mol. The molecule has 1 fully saturated rings. The summed E-state index contributed by atoms with van der Waals surface area (Å²) in [5.41, 5.74) is 0.911. The Kier molecular flexibility index (Phi) is 5.06. The van der Waals surface area contributed by atoms with Gasteiger partial charge in [-0.1, -0.05) is 33.6 Å². The number of nitrogens with one attached hydrogen (secondary N) is 2. The van der Waals surface area contributed by atoms with Crippen LogP contribution < -0.4 is 15.5 Å². The lowest BCUT2D eigenvalue weighted by atomic mass is 10.0. The fourth-order valence-electron chi connectivity index (χ4n) is 2.45. The summed E-state index contributed by atoms with van der Waals surface area (Å²) >= 11 is 9.15. The number of carbonyl (C=O) groups is 3. The van der Waals surface area contributed by atoms with E-state index in [1.165, 1.54) is 0 Å². The lowest BCUT2D eigenvalue weighted by Crippen LogP contribution is -2.58. The van der Waals surface area contributed by atoms with Crippen LogP contribution in [-0.2, 0) is 9.59 Å². The van der Waals surface area contributed by atoms with Gasteiger partial charge in [-0.25, -0.2) is 9.69 Å². The second-order valence-electron chi connectivity index (χ2n) is 5.39. The third-order valence-electron chi connectivity index (χ3n) is 3.67. The lowest BCUT2D eigenvalue weighted by Gasteiger charge is -2.30. The number of anilines is 2. The van der Waals surface area contributed by atoms with Crippen molar-refractivity contribution in [2.75, 3.05) is 16.8 Å². The highest BCUT2D eigenvalue weighted by atomic mass is 79.9. The Morgan fingerprint density at radius 3 is 2.60 bits per heavy atom. The van der Waals surface area contributed by atoms with Crippen molar-refractivity contribution in [2.24, 2.45) is 5.92 Å². The van der Waals surface area contributed by atoms with Gasteiger partial charge in [0.05, 0.1) is 5.69 Å². The van der Waals surface area contributed by atoms with Crippen molar-refractivity contribution in [2.45, 2.75) is 0 Å². The molecule has 0 radical (unpaired) electrons. The molecule has 1 atom stereocenters. The Bertz CT molecular complexity index is 841. The fraction of sp³-hybridized carbons (Fsp3) is 0.118. The maximum Gasteiger partial charge on any atom is 0.328 e. The topological polar surface area (TPSA) is 78.5 Å². The van der Waals surface area contributed by atoms with Gasteiger partial charge in [-0.3, -0.25) is 9.59 Å². The third kappa shape index (κ3) is 3.83. The number of benzene rings is 2. The monoisotopic (exact) mass is 421 g/mol. The van der Waals surface area contributed by atoms with Gasteiger partial charge in [-0.2, -0.15) is 0 Å². The maximum atomic E-state index is 12.7. The Balaban J connectivity index is 1.80. The normalized spacial score (nSPS) is 17.2. The van der Waals surface area contributed by atoms with E-state index in [2.05, 4.69) is 26.6 Å². The largest absolute Gasteiger partial charge is 0.336 e. The van der Waals surface area contributed by atoms with Crippen molar-refractivity contribution >= 4 is 56.8 Å². The van der Waals surface area contributed by atoms with E-state index in [1.54, 1.807) is 42.5 Å². The van der Waals surface area contributed by atoms with Crippen LogP contribution in [0, 0.1) is 5.92 Å². The molecule has 2 N–H and O–H groups in total. The van der Waals surface area contributed by atoms with Crippen LogP contribution in [0.5, 0.6) is 0 Å². The van der Waals surface area contributed by atoms with Gasteiger partial charge in [0.25, 0.3) is 0 Å². The molecule has 0 spiro atoms. The summed E-state index contributed by atoms with van der Waals surface area (Å²) in [4.78, 5) is 38.2. The molecule has 0 bridgehead atoms. The molecule has 1 saturated heterocycles. The van der Waals surface area contributed by atoms with E-state index in [0.29, 0.717) is 16.4 Å². The van der Waals surface area contributed by atoms with Gasteiger partial charge >= 0.3 is 6.03 Å². The molecule has 2 aromatic rings. The van der Waals surface area contributed by atoms with Crippen LogP contribution in [0.15, 0.2) is 53.0 Å². The second kappa shape index (κ2) is 7.25. The minimum atomic E-state index is -1.02. The van der Waals surface area contributed by atoms with E-state index in [4.69, 9.17) is 11.6 Å². The highest BCUT2D eigenvalue weighted by molar-refractivity contribution is 9.10. The Morgan fingerprint density at radius 2 is 1.92 bits per heavy atom. The fourth-order valence-corrected chi connectivity index (χ4v) is 2.97. The molecule has 0 aromatic heterocycles. The maximum absolute atomic E-state index is 12.7. The molecule has 1 unspecified atom stereocenters. The predicted octanol–water partition coefficient (Wildman–Crippen LogP) is 3.41. The van der Waals surface area contributed by atoms with E-state index >= 15 is 0 Å². The minimum Gasteiger partial charge on any atom is -0.336 e. The van der Waals surface area contributed by atoms with Crippen LogP contribution >= 0.6 is 27.5 Å². The van der Waals surface area contributed by atoms with Crippen LogP contribution in [-0.4, -0.2) is 24.4 Å². The number of halogens is 2. The number of urea groups is 1. The first kappa shape index (κ1) is 17.4. The molecule has 3 rings (SSSR count). The van der Waals surface area contributed by atoms with E-state index in [0.717, 1.165) is 9.37 Å². The number of amides is 4. The zero-order valence-corrected chi connectivity index (χ0v) is 15.2. The van der Waals surface area contributed by atoms with E-state index < -0.39 is 23.8 Å². The minimum absolute atomic E-state index is 0.0540. The standard InChI is InChI=1S/C17H13BrClN3O3/c18-10-2-1-3-12(8-10)21-15(23)14-9-20-17(25)22(16(14)24)13-6-4-11(19)5-7-13/h1-8,14H,9H2,(H,20,25)(H,21,23). The van der Waals surface area contributed by atoms with Crippen molar-refractivity contribution in [1.82, 2.24) is 5.32 Å². The molecular formula is C17H13BrClN3O3. The molecule has 128 valence electrons. The number of imide groups is 1. The summed E-state index contributed by atoms with van der Waals surface area (Å²) in [6, 6.07) is 12.7. The molecule has 1 aliphatic rings. The Hall–Kier alpha value is -2.38. The first-order valence-corrected chi connectivity index (χ1v) is 8.56. The van der Waals surface area contributed by atoms with Gasteiger partial charge in [-0.15, -0.1) is 0 Å². The smallest absolute Gasteiger partial charge is 0.328 e. The average molecular weight is 423 g/mol.